The molecule has 0 atom stereocenters. The quantitative estimate of drug-likeness (QED) is 0.152. The van der Waals surface area contributed by atoms with E-state index in [0.717, 1.165) is 25.7 Å². The molecule has 7 aromatic carbocycles. The first-order valence-electron chi connectivity index (χ1n) is 47.5. The molecule has 696 valence electrons. The van der Waals surface area contributed by atoms with E-state index in [1.165, 1.54) is 111 Å². The summed E-state index contributed by atoms with van der Waals surface area (Å²) >= 11 is 0. The highest BCUT2D eigenvalue weighted by molar-refractivity contribution is 5.84. The largest absolute Gasteiger partial charge is 0.361 e. The molecule has 14 rings (SSSR count). The van der Waals surface area contributed by atoms with Crippen molar-refractivity contribution in [3.05, 3.63) is 273 Å². The minimum atomic E-state index is 0. The van der Waals surface area contributed by atoms with Gasteiger partial charge in [-0.15, -0.1) is 0 Å². The topological polar surface area (TPSA) is 36.5 Å². The molecule has 4 aliphatic rings. The molecule has 0 bridgehead atoms. The number of benzene rings is 7. The van der Waals surface area contributed by atoms with Gasteiger partial charge in [-0.3, -0.25) is 0 Å². The highest BCUT2D eigenvalue weighted by Crippen LogP contribution is 2.40. The number of allylic oxidation sites excluding steroid dienone is 5. The molecule has 0 radical (unpaired) electrons. The zero-order valence-electron chi connectivity index (χ0n) is 87.6. The zero-order valence-corrected chi connectivity index (χ0v) is 87.6. The van der Waals surface area contributed by atoms with E-state index in [0.29, 0.717) is 0 Å². The van der Waals surface area contributed by atoms with Gasteiger partial charge >= 0.3 is 0 Å². The van der Waals surface area contributed by atoms with Crippen LogP contribution in [0.2, 0.25) is 0 Å². The number of hydrogen-bond acceptors (Lipinski definition) is 0. The van der Waals surface area contributed by atoms with Gasteiger partial charge in [0.15, 0.2) is 0 Å². The summed E-state index contributed by atoms with van der Waals surface area (Å²) in [4.78, 5) is 6.73. The Labute approximate surface area is 764 Å². The van der Waals surface area contributed by atoms with Gasteiger partial charge in [0.25, 0.3) is 0 Å². The molecule has 122 heavy (non-hydrogen) atoms. The molecule has 3 heteroatoms. The third kappa shape index (κ3) is 47.3. The fourth-order valence-corrected chi connectivity index (χ4v) is 12.2. The fraction of sp³-hybridized carbons (Fsp3) is 0.529. The van der Waals surface area contributed by atoms with Crippen molar-refractivity contribution in [2.45, 2.75) is 420 Å². The fourth-order valence-electron chi connectivity index (χ4n) is 12.2. The number of nitrogens with one attached hydrogen (secondary N) is 2. The maximum Gasteiger partial charge on any atom is 0.0491 e. The van der Waals surface area contributed by atoms with Gasteiger partial charge in [0.05, 0.1) is 0 Å². The predicted molar refractivity (Wildman–Crippen MR) is 581 cm³/mol. The third-order valence-corrected chi connectivity index (χ3v) is 17.6. The van der Waals surface area contributed by atoms with Crippen molar-refractivity contribution in [2.24, 2.45) is 5.41 Å². The molecule has 4 aliphatic carbocycles. The third-order valence-electron chi connectivity index (χ3n) is 17.6. The molecule has 0 saturated heterocycles. The van der Waals surface area contributed by atoms with Crippen LogP contribution in [-0.2, 0) is 58.3 Å². The number of hydrogen-bond donors (Lipinski definition) is 2. The van der Waals surface area contributed by atoms with Crippen molar-refractivity contribution >= 4 is 56.5 Å². The molecule has 0 spiro atoms. The number of H-pyrrole nitrogens is 2. The van der Waals surface area contributed by atoms with E-state index in [1.807, 2.05) is 200 Å². The van der Waals surface area contributed by atoms with Crippen LogP contribution in [0.5, 0.6) is 0 Å². The van der Waals surface area contributed by atoms with Gasteiger partial charge in [0.2, 0.25) is 0 Å². The van der Waals surface area contributed by atoms with E-state index < -0.39 is 0 Å². The second-order valence-corrected chi connectivity index (χ2v) is 32.4. The van der Waals surface area contributed by atoms with Crippen molar-refractivity contribution in [1.29, 1.82) is 0 Å². The summed E-state index contributed by atoms with van der Waals surface area (Å²) in [5.74, 6) is 0. The molecule has 10 aromatic rings. The molecular weight excluding hydrogens is 1470 g/mol. The summed E-state index contributed by atoms with van der Waals surface area (Å²) in [6.45, 7) is 103. The van der Waals surface area contributed by atoms with Crippen LogP contribution in [0.15, 0.2) is 200 Å². The summed E-state index contributed by atoms with van der Waals surface area (Å²) < 4.78 is 2.31. The Morgan fingerprint density at radius 3 is 1.20 bits per heavy atom. The Bertz CT molecular complexity index is 4140. The normalized spacial score (nSPS) is 10.9. The van der Waals surface area contributed by atoms with E-state index >= 15 is 0 Å². The maximum absolute atomic E-state index is 3.44. The van der Waals surface area contributed by atoms with Crippen molar-refractivity contribution in [1.82, 2.24) is 14.5 Å². The van der Waals surface area contributed by atoms with E-state index in [-0.39, 0.29) is 60.3 Å². The first kappa shape index (κ1) is 135. The van der Waals surface area contributed by atoms with Gasteiger partial charge in [-0.2, -0.15) is 0 Å². The van der Waals surface area contributed by atoms with Gasteiger partial charge in [0, 0.05) is 45.6 Å². The first-order chi connectivity index (χ1) is 56.6. The molecule has 0 amide bonds. The van der Waals surface area contributed by atoms with Gasteiger partial charge < -0.3 is 14.5 Å². The molecule has 2 N–H and O–H groups in total. The lowest BCUT2D eigenvalue weighted by molar-refractivity contribution is 0.411. The van der Waals surface area contributed by atoms with Crippen LogP contribution in [0.25, 0.3) is 56.5 Å². The summed E-state index contributed by atoms with van der Waals surface area (Å²) in [6.07, 6.45) is 24.4. The van der Waals surface area contributed by atoms with Crippen LogP contribution in [0.1, 0.15) is 434 Å². The molecule has 0 saturated carbocycles. The number of aromatic amines is 2. The summed E-state index contributed by atoms with van der Waals surface area (Å²) in [6, 6.07) is 58.9. The zero-order chi connectivity index (χ0) is 94.3. The number of aromatic nitrogens is 3. The van der Waals surface area contributed by atoms with Gasteiger partial charge in [-0.05, 0) is 192 Å². The summed E-state index contributed by atoms with van der Waals surface area (Å²) in [5.41, 5.74) is 25.6. The molecule has 3 nitrogen and oxygen atoms in total. The molecule has 0 fully saturated rings. The van der Waals surface area contributed by atoms with E-state index in [2.05, 4.69) is 372 Å². The second kappa shape index (κ2) is 73.5. The van der Waals surface area contributed by atoms with Crippen LogP contribution in [-0.4, -0.2) is 14.5 Å². The first-order valence-corrected chi connectivity index (χ1v) is 47.5. The van der Waals surface area contributed by atoms with Crippen LogP contribution >= 0.6 is 0 Å². The number of para-hydroxylation sites is 3. The average molecular weight is 1680 g/mol. The average Bonchev–Trinajstić information content (AvgIpc) is 1.44. The second-order valence-electron chi connectivity index (χ2n) is 32.4. The molecule has 3 heterocycles. The molecular formula is C119H205N3. The monoisotopic (exact) mass is 1680 g/mol. The van der Waals surface area contributed by atoms with Crippen LogP contribution in [0, 0.1) is 5.41 Å². The van der Waals surface area contributed by atoms with Crippen LogP contribution < -0.4 is 0 Å². The minimum absolute atomic E-state index is 0. The lowest BCUT2D eigenvalue weighted by atomic mass is 9.83. The van der Waals surface area contributed by atoms with Crippen molar-refractivity contribution in [3.63, 3.8) is 0 Å². The number of fused-ring (bicyclic) bond motifs is 7. The van der Waals surface area contributed by atoms with Gasteiger partial charge in [0.1, 0.15) is 0 Å². The summed E-state index contributed by atoms with van der Waals surface area (Å²) in [5, 5.41) is 3.91. The highest BCUT2D eigenvalue weighted by atomic mass is 15.0. The van der Waals surface area contributed by atoms with E-state index in [4.69, 9.17) is 0 Å². The van der Waals surface area contributed by atoms with Gasteiger partial charge in [-0.25, -0.2) is 0 Å². The molecule has 0 aliphatic heterocycles. The Hall–Kier alpha value is -7.88. The Kier molecular flexibility index (Phi) is 81.1. The summed E-state index contributed by atoms with van der Waals surface area (Å²) in [7, 11) is 0. The van der Waals surface area contributed by atoms with Crippen molar-refractivity contribution in [3.8, 4) is 0 Å². The Balaban J connectivity index is -0.000000142. The Morgan fingerprint density at radius 2 is 0.713 bits per heavy atom. The highest BCUT2D eigenvalue weighted by Gasteiger charge is 2.25. The lowest BCUT2D eigenvalue weighted by Gasteiger charge is -2.22. The Morgan fingerprint density at radius 1 is 0.295 bits per heavy atom. The minimum Gasteiger partial charge on any atom is -0.361 e. The van der Waals surface area contributed by atoms with E-state index in [9.17, 15) is 0 Å². The number of nitrogens with zero attached hydrogens (tertiary/aromatic N) is 1. The smallest absolute Gasteiger partial charge is 0.0491 e. The van der Waals surface area contributed by atoms with Crippen molar-refractivity contribution in [2.75, 3.05) is 0 Å². The molecule has 0 unspecified atom stereocenters. The van der Waals surface area contributed by atoms with Gasteiger partial charge in [-0.1, -0.05) is 517 Å². The predicted octanol–water partition coefficient (Wildman–Crippen LogP) is 40.9. The number of rotatable bonds is 0. The standard InChI is InChI=1S/4C13H16.3C12H15N.14C2H6.3CH4/c1-13(2,3)12-9-5-7-10-6-4-8-11(10)12;2*1-13(2,3)12-8-7-10-5-4-6-11(10)9-12;1-13(2,3)12-9-8-10-6-4-5-7-11(10)12;1-12(2,3)10-6-4-5-9-7-8-13-11(9)10;1-12(2,3)13-9-8-10-6-4-5-7-11(10)13;1-12(2,3)11-8-9-6-4-5-7-10(9)13-11;14*1-2;;;/h4-5,7-9H,6H2,1-3H3;4,6-9H,5H2,1-3H3;4-5,7-9H,6H2,1-3H3;4-7,9H,8H2,1-3H3;4-8,13H,1-3H3;4-9H,1-3H3;4-8,13H,1-3H3;14*1-2H3;3*1H4. The van der Waals surface area contributed by atoms with Crippen molar-refractivity contribution < 1.29 is 0 Å². The van der Waals surface area contributed by atoms with Crippen LogP contribution in [0.4, 0.5) is 0 Å². The SMILES string of the molecule is C.C.C.CC.CC.CC.CC.CC.CC.CC.CC.CC.CC.CC.CC.CC.CC.CC(C)(C)C1=CCc2ccccc21.CC(C)(C)c1cc2ccccc2[nH]1.CC(C)(C)c1ccc2c(c1)C=CC2.CC(C)(C)c1ccc2c(c1)CC=C2.CC(C)(C)c1cccc2c1C=CC2.CC(C)(C)c1cccc2cc[nH]c12.CC(C)(C)n1ccc2ccccc21. The maximum atomic E-state index is 3.44. The van der Waals surface area contributed by atoms with E-state index in [1.54, 1.807) is 0 Å². The van der Waals surface area contributed by atoms with Crippen LogP contribution in [0.3, 0.4) is 0 Å². The lowest BCUT2D eigenvalue weighted by Crippen LogP contribution is -2.20. The molecule has 3 aromatic heterocycles.